The number of hydrogen-bond donors (Lipinski definition) is 0. The number of ether oxygens (including phenoxy) is 1. The predicted octanol–water partition coefficient (Wildman–Crippen LogP) is 3.19. The number of anilines is 1. The molecule has 2 saturated heterocycles. The number of likely N-dealkylation sites (tertiary alicyclic amines) is 1. The Morgan fingerprint density at radius 2 is 1.90 bits per heavy atom. The molecule has 5 nitrogen and oxygen atoms in total. The second kappa shape index (κ2) is 8.16. The Kier molecular flexibility index (Phi) is 5.61. The van der Waals surface area contributed by atoms with Crippen molar-refractivity contribution in [3.8, 4) is 0 Å². The van der Waals surface area contributed by atoms with E-state index in [1.807, 2.05) is 6.07 Å². The highest BCUT2D eigenvalue weighted by Gasteiger charge is 2.46. The van der Waals surface area contributed by atoms with Crippen molar-refractivity contribution < 1.29 is 18.3 Å². The first-order valence-corrected chi connectivity index (χ1v) is 10.0. The van der Waals surface area contributed by atoms with Crippen LogP contribution in [0.4, 0.5) is 14.5 Å². The number of morpholine rings is 1. The van der Waals surface area contributed by atoms with Crippen molar-refractivity contribution in [1.82, 2.24) is 9.88 Å². The van der Waals surface area contributed by atoms with Crippen LogP contribution in [0.15, 0.2) is 42.5 Å². The number of rotatable bonds is 4. The first-order valence-electron chi connectivity index (χ1n) is 10.0. The minimum Gasteiger partial charge on any atom is -0.360 e. The highest BCUT2D eigenvalue weighted by Crippen LogP contribution is 2.35. The van der Waals surface area contributed by atoms with E-state index < -0.39 is 23.5 Å². The Balaban J connectivity index is 1.40. The molecule has 154 valence electrons. The normalized spacial score (nSPS) is 22.2. The molecule has 7 heteroatoms. The van der Waals surface area contributed by atoms with E-state index in [-0.39, 0.29) is 5.91 Å². The number of aromatic nitrogens is 1. The quantitative estimate of drug-likeness (QED) is 0.739. The van der Waals surface area contributed by atoms with Gasteiger partial charge in [-0.15, -0.1) is 0 Å². The number of benzene rings is 1. The van der Waals surface area contributed by atoms with E-state index in [1.54, 1.807) is 31.2 Å². The van der Waals surface area contributed by atoms with Gasteiger partial charge in [0.05, 0.1) is 17.8 Å². The first kappa shape index (κ1) is 19.9. The van der Waals surface area contributed by atoms with Gasteiger partial charge in [-0.3, -0.25) is 4.79 Å². The minimum atomic E-state index is -0.605. The van der Waals surface area contributed by atoms with Crippen LogP contribution in [0.25, 0.3) is 0 Å². The van der Waals surface area contributed by atoms with E-state index in [0.29, 0.717) is 18.7 Å². The summed E-state index contributed by atoms with van der Waals surface area (Å²) in [5.41, 5.74) is 0.583. The molecule has 0 N–H and O–H groups in total. The molecule has 2 aromatic rings. The molecule has 2 aliphatic heterocycles. The molecular weight excluding hydrogens is 376 g/mol. The van der Waals surface area contributed by atoms with Gasteiger partial charge in [0.2, 0.25) is 5.95 Å². The zero-order chi connectivity index (χ0) is 20.4. The van der Waals surface area contributed by atoms with Gasteiger partial charge in [-0.1, -0.05) is 18.2 Å². The Morgan fingerprint density at radius 3 is 2.62 bits per heavy atom. The zero-order valence-electron chi connectivity index (χ0n) is 16.5. The lowest BCUT2D eigenvalue weighted by Gasteiger charge is -2.49. The number of carbonyl (C=O) groups is 1. The van der Waals surface area contributed by atoms with Gasteiger partial charge in [-0.25, -0.2) is 9.37 Å². The van der Waals surface area contributed by atoms with Gasteiger partial charge in [0.15, 0.2) is 0 Å². The number of pyridine rings is 1. The number of carbonyl (C=O) groups excluding carboxylic acids is 1. The maximum absolute atomic E-state index is 14.3. The average molecular weight is 401 g/mol. The summed E-state index contributed by atoms with van der Waals surface area (Å²) in [7, 11) is 0. The molecule has 1 atom stereocenters. The van der Waals surface area contributed by atoms with Crippen molar-refractivity contribution in [3.05, 3.63) is 59.9 Å². The van der Waals surface area contributed by atoms with Crippen LogP contribution < -0.4 is 4.90 Å². The fourth-order valence-corrected chi connectivity index (χ4v) is 4.25. The van der Waals surface area contributed by atoms with E-state index in [9.17, 15) is 13.6 Å². The number of halogens is 2. The summed E-state index contributed by atoms with van der Waals surface area (Å²) >= 11 is 0. The smallest absolute Gasteiger partial charge is 0.256 e. The fourth-order valence-electron chi connectivity index (χ4n) is 4.25. The number of nitrogens with zero attached hydrogens (tertiary/aromatic N) is 3. The van der Waals surface area contributed by atoms with Crippen molar-refractivity contribution in [3.63, 3.8) is 0 Å². The van der Waals surface area contributed by atoms with Crippen LogP contribution in [0.2, 0.25) is 0 Å². The van der Waals surface area contributed by atoms with E-state index in [0.717, 1.165) is 38.2 Å². The molecule has 0 bridgehead atoms. The van der Waals surface area contributed by atoms with Crippen LogP contribution in [0.1, 0.15) is 25.5 Å². The third-order valence-electron chi connectivity index (χ3n) is 5.85. The maximum atomic E-state index is 14.3. The molecule has 1 amide bonds. The van der Waals surface area contributed by atoms with Crippen LogP contribution in [0.3, 0.4) is 0 Å². The van der Waals surface area contributed by atoms with Gasteiger partial charge in [-0.2, -0.15) is 4.39 Å². The Labute approximate surface area is 169 Å². The molecule has 1 spiro atoms. The molecule has 4 rings (SSSR count). The summed E-state index contributed by atoms with van der Waals surface area (Å²) in [6.07, 6.45) is 1.59. The molecule has 1 unspecified atom stereocenters. The average Bonchev–Trinajstić information content (AvgIpc) is 2.71. The summed E-state index contributed by atoms with van der Waals surface area (Å²) < 4.78 is 33.7. The van der Waals surface area contributed by atoms with Crippen LogP contribution in [-0.2, 0) is 16.0 Å². The lowest BCUT2D eigenvalue weighted by molar-refractivity contribution is -0.161. The summed E-state index contributed by atoms with van der Waals surface area (Å²) in [5, 5.41) is 0. The number of para-hydroxylation sites is 1. The monoisotopic (exact) mass is 401 g/mol. The molecule has 0 aliphatic carbocycles. The van der Waals surface area contributed by atoms with Crippen molar-refractivity contribution in [2.75, 3.05) is 31.1 Å². The van der Waals surface area contributed by atoms with Crippen molar-refractivity contribution in [2.24, 2.45) is 0 Å². The molecule has 1 aromatic heterocycles. The largest absolute Gasteiger partial charge is 0.360 e. The molecule has 2 fully saturated rings. The molecule has 2 aliphatic rings. The van der Waals surface area contributed by atoms with E-state index >= 15 is 0 Å². The van der Waals surface area contributed by atoms with Crippen LogP contribution in [-0.4, -0.2) is 53.7 Å². The lowest BCUT2D eigenvalue weighted by atomic mass is 9.88. The highest BCUT2D eigenvalue weighted by molar-refractivity contribution is 5.97. The Hall–Kier alpha value is -2.38. The summed E-state index contributed by atoms with van der Waals surface area (Å²) in [6.45, 7) is 4.50. The lowest BCUT2D eigenvalue weighted by Crippen LogP contribution is -2.61. The van der Waals surface area contributed by atoms with Crippen molar-refractivity contribution in [1.29, 1.82) is 0 Å². The highest BCUT2D eigenvalue weighted by atomic mass is 19.1. The molecule has 1 aromatic carbocycles. The van der Waals surface area contributed by atoms with Crippen LogP contribution in [0.5, 0.6) is 0 Å². The van der Waals surface area contributed by atoms with E-state index in [2.05, 4.69) is 9.88 Å². The number of hydrogen-bond acceptors (Lipinski definition) is 4. The van der Waals surface area contributed by atoms with Gasteiger partial charge in [0.25, 0.3) is 5.91 Å². The molecule has 3 heterocycles. The van der Waals surface area contributed by atoms with E-state index in [4.69, 9.17) is 4.74 Å². The Bertz CT molecular complexity index is 884. The third kappa shape index (κ3) is 4.31. The molecular formula is C22H25F2N3O2. The van der Waals surface area contributed by atoms with Gasteiger partial charge in [0.1, 0.15) is 11.9 Å². The SMILES string of the molecule is CC1OC2(CCN(CCc3cccc(F)n3)CC2)CN(c2ccccc2F)C1=O. The first-order chi connectivity index (χ1) is 14.0. The number of piperidine rings is 1. The third-order valence-corrected chi connectivity index (χ3v) is 5.85. The van der Waals surface area contributed by atoms with Crippen molar-refractivity contribution >= 4 is 11.6 Å². The van der Waals surface area contributed by atoms with Crippen LogP contribution >= 0.6 is 0 Å². The maximum Gasteiger partial charge on any atom is 0.256 e. The summed E-state index contributed by atoms with van der Waals surface area (Å²) in [5.74, 6) is -1.06. The fraction of sp³-hybridized carbons (Fsp3) is 0.455. The summed E-state index contributed by atoms with van der Waals surface area (Å²) in [4.78, 5) is 20.4. The number of amides is 1. The predicted molar refractivity (Wildman–Crippen MR) is 106 cm³/mol. The minimum absolute atomic E-state index is 0.208. The molecule has 0 saturated carbocycles. The van der Waals surface area contributed by atoms with Gasteiger partial charge >= 0.3 is 0 Å². The van der Waals surface area contributed by atoms with Crippen molar-refractivity contribution in [2.45, 2.75) is 37.9 Å². The Morgan fingerprint density at radius 1 is 1.14 bits per heavy atom. The van der Waals surface area contributed by atoms with E-state index in [1.165, 1.54) is 17.0 Å². The molecule has 29 heavy (non-hydrogen) atoms. The van der Waals surface area contributed by atoms with Gasteiger partial charge in [0, 0.05) is 31.7 Å². The topological polar surface area (TPSA) is 45.7 Å². The standard InChI is InChI=1S/C22H25F2N3O2/c1-16-21(28)27(19-7-3-2-6-18(19)23)15-22(29-16)10-13-26(14-11-22)12-9-17-5-4-8-20(24)25-17/h2-8,16H,9-15H2,1H3. The zero-order valence-corrected chi connectivity index (χ0v) is 16.5. The second-order valence-electron chi connectivity index (χ2n) is 7.86. The van der Waals surface area contributed by atoms with Crippen LogP contribution in [0, 0.1) is 11.8 Å². The summed E-state index contributed by atoms with van der Waals surface area (Å²) in [6, 6.07) is 11.2. The molecule has 0 radical (unpaired) electrons. The van der Waals surface area contributed by atoms with Gasteiger partial charge < -0.3 is 14.5 Å². The van der Waals surface area contributed by atoms with Gasteiger partial charge in [-0.05, 0) is 44.0 Å². The second-order valence-corrected chi connectivity index (χ2v) is 7.86.